The third-order valence-corrected chi connectivity index (χ3v) is 5.94. The van der Waals surface area contributed by atoms with Gasteiger partial charge in [0, 0.05) is 31.5 Å². The maximum absolute atomic E-state index is 12.6. The molecule has 1 N–H and O–H groups in total. The number of rotatable bonds is 3. The van der Waals surface area contributed by atoms with Gasteiger partial charge in [0.2, 0.25) is 0 Å². The average Bonchev–Trinajstić information content (AvgIpc) is 3.00. The molecule has 1 heterocycles. The van der Waals surface area contributed by atoms with Crippen LogP contribution in [-0.2, 0) is 4.74 Å². The van der Waals surface area contributed by atoms with E-state index in [-0.39, 0.29) is 24.5 Å². The van der Waals surface area contributed by atoms with Gasteiger partial charge in [-0.25, -0.2) is 4.79 Å². The Hall–Kier alpha value is -2.33. The number of aliphatic hydroxyl groups excluding tert-OH is 1. The lowest BCUT2D eigenvalue weighted by Gasteiger charge is -2.35. The van der Waals surface area contributed by atoms with Gasteiger partial charge < -0.3 is 14.7 Å². The fraction of sp³-hybridized carbons (Fsp3) is 0.409. The normalized spacial score (nSPS) is 22.0. The molecule has 4 nitrogen and oxygen atoms in total. The Bertz CT molecular complexity index is 758. The van der Waals surface area contributed by atoms with Crippen LogP contribution < -0.4 is 0 Å². The van der Waals surface area contributed by atoms with Crippen LogP contribution in [0.15, 0.2) is 48.5 Å². The highest BCUT2D eigenvalue weighted by atomic mass is 16.6. The van der Waals surface area contributed by atoms with Gasteiger partial charge >= 0.3 is 6.09 Å². The molecule has 1 aliphatic carbocycles. The van der Waals surface area contributed by atoms with Crippen molar-refractivity contribution < 1.29 is 14.6 Å². The van der Waals surface area contributed by atoms with Gasteiger partial charge in [-0.05, 0) is 34.6 Å². The number of piperidine rings is 1. The van der Waals surface area contributed by atoms with E-state index in [1.165, 1.54) is 22.3 Å². The van der Waals surface area contributed by atoms with Gasteiger partial charge in [0.25, 0.3) is 0 Å². The molecule has 0 radical (unpaired) electrons. The Morgan fingerprint density at radius 1 is 1.12 bits per heavy atom. The monoisotopic (exact) mass is 351 g/mol. The first kappa shape index (κ1) is 17.1. The quantitative estimate of drug-likeness (QED) is 0.913. The topological polar surface area (TPSA) is 49.8 Å². The summed E-state index contributed by atoms with van der Waals surface area (Å²) in [7, 11) is 0. The van der Waals surface area contributed by atoms with E-state index >= 15 is 0 Å². The molecule has 0 aromatic heterocycles. The highest BCUT2D eigenvalue weighted by Crippen LogP contribution is 2.44. The number of hydrogen-bond donors (Lipinski definition) is 1. The molecule has 2 aromatic carbocycles. The van der Waals surface area contributed by atoms with Crippen molar-refractivity contribution in [2.45, 2.75) is 19.3 Å². The summed E-state index contributed by atoms with van der Waals surface area (Å²) in [5.74, 6) is 0.672. The molecule has 0 saturated carbocycles. The fourth-order valence-corrected chi connectivity index (χ4v) is 4.24. The standard InChI is InChI=1S/C22H25NO3/c1-15-10-11-23(12-16(15)13-24)22(25)26-14-21-19-8-4-2-6-17(19)18-7-3-5-9-20(18)21/h2-9,15-16,21,24H,10-14H2,1H3. The van der Waals surface area contributed by atoms with Crippen molar-refractivity contribution in [3.63, 3.8) is 0 Å². The number of carbonyl (C=O) groups is 1. The zero-order chi connectivity index (χ0) is 18.1. The minimum absolute atomic E-state index is 0.0868. The molecule has 2 aromatic rings. The number of fused-ring (bicyclic) bond motifs is 3. The predicted molar refractivity (Wildman–Crippen MR) is 101 cm³/mol. The van der Waals surface area contributed by atoms with Crippen molar-refractivity contribution in [2.75, 3.05) is 26.3 Å². The van der Waals surface area contributed by atoms with Crippen LogP contribution in [0.5, 0.6) is 0 Å². The molecule has 4 rings (SSSR count). The van der Waals surface area contributed by atoms with Crippen molar-refractivity contribution in [1.82, 2.24) is 4.90 Å². The highest BCUT2D eigenvalue weighted by molar-refractivity contribution is 5.79. The minimum Gasteiger partial charge on any atom is -0.448 e. The van der Waals surface area contributed by atoms with Crippen LogP contribution in [0.1, 0.15) is 30.4 Å². The lowest BCUT2D eigenvalue weighted by molar-refractivity contribution is 0.0533. The number of ether oxygens (including phenoxy) is 1. The van der Waals surface area contributed by atoms with Gasteiger partial charge in [0.1, 0.15) is 6.61 Å². The smallest absolute Gasteiger partial charge is 0.409 e. The second kappa shape index (κ2) is 7.12. The van der Waals surface area contributed by atoms with Crippen molar-refractivity contribution >= 4 is 6.09 Å². The second-order valence-corrected chi connectivity index (χ2v) is 7.46. The first-order valence-electron chi connectivity index (χ1n) is 9.39. The Balaban J connectivity index is 1.47. The van der Waals surface area contributed by atoms with E-state index in [1.54, 1.807) is 4.90 Å². The molecule has 2 atom stereocenters. The zero-order valence-corrected chi connectivity index (χ0v) is 15.1. The summed E-state index contributed by atoms with van der Waals surface area (Å²) < 4.78 is 5.71. The highest BCUT2D eigenvalue weighted by Gasteiger charge is 2.32. The summed E-state index contributed by atoms with van der Waals surface area (Å²) in [5, 5.41) is 9.50. The maximum atomic E-state index is 12.6. The van der Waals surface area contributed by atoms with E-state index in [2.05, 4.69) is 31.2 Å². The molecular formula is C22H25NO3. The number of amides is 1. The molecule has 136 valence electrons. The number of hydrogen-bond acceptors (Lipinski definition) is 3. The Morgan fingerprint density at radius 3 is 2.35 bits per heavy atom. The Labute approximate surface area is 154 Å². The van der Waals surface area contributed by atoms with Crippen LogP contribution in [0.2, 0.25) is 0 Å². The van der Waals surface area contributed by atoms with Crippen molar-refractivity contribution in [3.05, 3.63) is 59.7 Å². The number of carbonyl (C=O) groups excluding carboxylic acids is 1. The third kappa shape index (κ3) is 2.99. The number of likely N-dealkylation sites (tertiary alicyclic amines) is 1. The molecule has 2 aliphatic rings. The van der Waals surface area contributed by atoms with E-state index in [1.807, 2.05) is 24.3 Å². The van der Waals surface area contributed by atoms with E-state index in [0.29, 0.717) is 25.6 Å². The summed E-state index contributed by atoms with van der Waals surface area (Å²) in [6.07, 6.45) is 0.646. The minimum atomic E-state index is -0.266. The van der Waals surface area contributed by atoms with Gasteiger partial charge in [-0.2, -0.15) is 0 Å². The maximum Gasteiger partial charge on any atom is 0.409 e. The Morgan fingerprint density at radius 2 is 1.73 bits per heavy atom. The van der Waals surface area contributed by atoms with Crippen LogP contribution in [0, 0.1) is 11.8 Å². The first-order valence-corrected chi connectivity index (χ1v) is 9.39. The molecule has 26 heavy (non-hydrogen) atoms. The average molecular weight is 351 g/mol. The third-order valence-electron chi connectivity index (χ3n) is 5.94. The fourth-order valence-electron chi connectivity index (χ4n) is 4.24. The van der Waals surface area contributed by atoms with Gasteiger partial charge in [-0.1, -0.05) is 55.5 Å². The second-order valence-electron chi connectivity index (χ2n) is 7.46. The van der Waals surface area contributed by atoms with Crippen molar-refractivity contribution in [1.29, 1.82) is 0 Å². The lowest BCUT2D eigenvalue weighted by Crippen LogP contribution is -2.44. The molecule has 1 aliphatic heterocycles. The summed E-state index contributed by atoms with van der Waals surface area (Å²) in [6.45, 7) is 3.88. The SMILES string of the molecule is CC1CCN(C(=O)OCC2c3ccccc3-c3ccccc32)CC1CO. The molecule has 2 unspecified atom stereocenters. The van der Waals surface area contributed by atoms with Gasteiger partial charge in [-0.15, -0.1) is 0 Å². The summed E-state index contributed by atoms with van der Waals surface area (Å²) in [6, 6.07) is 16.7. The van der Waals surface area contributed by atoms with E-state index in [0.717, 1.165) is 6.42 Å². The van der Waals surface area contributed by atoms with Crippen LogP contribution in [0.25, 0.3) is 11.1 Å². The van der Waals surface area contributed by atoms with E-state index < -0.39 is 0 Å². The molecule has 0 bridgehead atoms. The van der Waals surface area contributed by atoms with E-state index in [4.69, 9.17) is 4.74 Å². The molecular weight excluding hydrogens is 326 g/mol. The summed E-state index contributed by atoms with van der Waals surface area (Å²) >= 11 is 0. The summed E-state index contributed by atoms with van der Waals surface area (Å²) in [4.78, 5) is 14.3. The molecule has 0 spiro atoms. The van der Waals surface area contributed by atoms with Crippen LogP contribution in [-0.4, -0.2) is 42.4 Å². The van der Waals surface area contributed by atoms with Gasteiger partial charge in [-0.3, -0.25) is 0 Å². The molecule has 4 heteroatoms. The van der Waals surface area contributed by atoms with E-state index in [9.17, 15) is 9.90 Å². The molecule has 1 fully saturated rings. The number of benzene rings is 2. The summed E-state index contributed by atoms with van der Waals surface area (Å²) in [5.41, 5.74) is 4.91. The lowest BCUT2D eigenvalue weighted by atomic mass is 9.88. The van der Waals surface area contributed by atoms with Crippen LogP contribution in [0.4, 0.5) is 4.79 Å². The van der Waals surface area contributed by atoms with Crippen molar-refractivity contribution in [3.8, 4) is 11.1 Å². The Kier molecular flexibility index (Phi) is 4.68. The van der Waals surface area contributed by atoms with Gasteiger partial charge in [0.15, 0.2) is 0 Å². The predicted octanol–water partition coefficient (Wildman–Crippen LogP) is 3.89. The van der Waals surface area contributed by atoms with Crippen molar-refractivity contribution in [2.24, 2.45) is 11.8 Å². The largest absolute Gasteiger partial charge is 0.448 e. The molecule has 1 saturated heterocycles. The molecule has 1 amide bonds. The van der Waals surface area contributed by atoms with Gasteiger partial charge in [0.05, 0.1) is 0 Å². The number of aliphatic hydroxyl groups is 1. The zero-order valence-electron chi connectivity index (χ0n) is 15.1. The first-order chi connectivity index (χ1) is 12.7. The van der Waals surface area contributed by atoms with Crippen LogP contribution in [0.3, 0.4) is 0 Å². The number of nitrogens with zero attached hydrogens (tertiary/aromatic N) is 1. The van der Waals surface area contributed by atoms with Crippen LogP contribution >= 0.6 is 0 Å².